The monoisotopic (exact) mass is 822 g/mol. The van der Waals surface area contributed by atoms with Gasteiger partial charge in [0.15, 0.2) is 0 Å². The molecule has 0 bridgehead atoms. The third-order valence-corrected chi connectivity index (χ3v) is 13.9. The van der Waals surface area contributed by atoms with E-state index < -0.39 is 0 Å². The molecule has 0 saturated heterocycles. The van der Waals surface area contributed by atoms with E-state index >= 15 is 0 Å². The highest BCUT2D eigenvalue weighted by atomic mass is 15.1. The summed E-state index contributed by atoms with van der Waals surface area (Å²) in [6.45, 7) is 9.01. The maximum absolute atomic E-state index is 2.52. The summed E-state index contributed by atoms with van der Waals surface area (Å²) in [6, 6.07) is 72.3. The molecule has 0 unspecified atom stereocenters. The second-order valence-electron chi connectivity index (χ2n) is 18.2. The lowest BCUT2D eigenvalue weighted by Crippen LogP contribution is -2.09. The van der Waals surface area contributed by atoms with Gasteiger partial charge in [-0.2, -0.15) is 0 Å². The first-order chi connectivity index (χ1) is 31.4. The van der Waals surface area contributed by atoms with Crippen LogP contribution in [0.2, 0.25) is 0 Å². The number of para-hydroxylation sites is 4. The van der Waals surface area contributed by atoms with E-state index in [2.05, 4.69) is 240 Å². The van der Waals surface area contributed by atoms with E-state index in [1.807, 2.05) is 0 Å². The highest BCUT2D eigenvalue weighted by Crippen LogP contribution is 2.47. The van der Waals surface area contributed by atoms with E-state index in [0.717, 1.165) is 34.1 Å². The van der Waals surface area contributed by atoms with Gasteiger partial charge in [0.25, 0.3) is 0 Å². The Morgan fingerprint density at radius 1 is 0.281 bits per heavy atom. The highest BCUT2D eigenvalue weighted by Gasteiger charge is 2.24. The van der Waals surface area contributed by atoms with Gasteiger partial charge in [0.2, 0.25) is 0 Å². The zero-order valence-electron chi connectivity index (χ0n) is 36.4. The van der Waals surface area contributed by atoms with Crippen molar-refractivity contribution in [3.05, 3.63) is 205 Å². The Balaban J connectivity index is 0.997. The number of nitrogens with zero attached hydrogens (tertiary/aromatic N) is 4. The van der Waals surface area contributed by atoms with Gasteiger partial charge in [0.1, 0.15) is 0 Å². The summed E-state index contributed by atoms with van der Waals surface area (Å²) in [4.78, 5) is 4.77. The number of benzene rings is 9. The molecular weight excluding hydrogens is 777 g/mol. The molecule has 0 spiro atoms. The Morgan fingerprint density at radius 2 is 0.609 bits per heavy atom. The van der Waals surface area contributed by atoms with Crippen molar-refractivity contribution in [2.75, 3.05) is 9.80 Å². The SMILES string of the molecule is CC(C)c1ccc(N(c2ccccc2)c2ccc3c(c2)c2cccc4c5cc6c(cc5n3c24)c2cccc3c4cc(N(c5ccccc5)c5ccc(C(C)C)cc5)ccc4n6c32)cc1. The van der Waals surface area contributed by atoms with Crippen LogP contribution in [0.15, 0.2) is 194 Å². The van der Waals surface area contributed by atoms with E-state index in [4.69, 9.17) is 0 Å². The van der Waals surface area contributed by atoms with Gasteiger partial charge in [-0.3, -0.25) is 0 Å². The van der Waals surface area contributed by atoms with Gasteiger partial charge in [-0.15, -0.1) is 0 Å². The molecule has 4 aromatic heterocycles. The summed E-state index contributed by atoms with van der Waals surface area (Å²) in [6.07, 6.45) is 0. The molecular formula is C60H46N4. The molecule has 64 heavy (non-hydrogen) atoms. The predicted octanol–water partition coefficient (Wildman–Crippen LogP) is 17.2. The molecule has 13 aromatic rings. The number of hydrogen-bond donors (Lipinski definition) is 0. The topological polar surface area (TPSA) is 15.3 Å². The zero-order valence-corrected chi connectivity index (χ0v) is 36.4. The average molecular weight is 823 g/mol. The van der Waals surface area contributed by atoms with Crippen LogP contribution >= 0.6 is 0 Å². The van der Waals surface area contributed by atoms with E-state index in [9.17, 15) is 0 Å². The number of fused-ring (bicyclic) bond motifs is 12. The van der Waals surface area contributed by atoms with Crippen LogP contribution in [0.1, 0.15) is 50.7 Å². The van der Waals surface area contributed by atoms with Crippen LogP contribution in [0, 0.1) is 0 Å². The number of aromatic nitrogens is 2. The number of anilines is 6. The van der Waals surface area contributed by atoms with Gasteiger partial charge >= 0.3 is 0 Å². The highest BCUT2D eigenvalue weighted by molar-refractivity contribution is 6.29. The molecule has 9 aromatic carbocycles. The van der Waals surface area contributed by atoms with Crippen LogP contribution in [0.4, 0.5) is 34.1 Å². The molecule has 0 aliphatic rings. The minimum absolute atomic E-state index is 0.478. The van der Waals surface area contributed by atoms with E-state index in [-0.39, 0.29) is 0 Å². The van der Waals surface area contributed by atoms with Gasteiger partial charge in [-0.05, 0) is 120 Å². The molecule has 0 aliphatic heterocycles. The normalized spacial score (nSPS) is 12.3. The smallest absolute Gasteiger partial charge is 0.0620 e. The fourth-order valence-electron chi connectivity index (χ4n) is 10.8. The molecule has 0 saturated carbocycles. The van der Waals surface area contributed by atoms with Crippen molar-refractivity contribution < 1.29 is 0 Å². The summed E-state index contributed by atoms with van der Waals surface area (Å²) < 4.78 is 5.04. The standard InChI is InChI=1S/C60H46N4/c1-37(2)39-21-25-43(26-22-39)61(41-13-7-5-8-14-41)45-29-31-55-51(33-45)47-17-11-19-49-53-36-58-54(35-57(53)63(55)59(47)49)50-20-12-18-48-52-34-46(30-32-56(52)64(58)60(48)50)62(42-15-9-6-10-16-42)44-27-23-40(24-28-44)38(3)4/h5-38H,1-4H3. The predicted molar refractivity (Wildman–Crippen MR) is 273 cm³/mol. The summed E-state index contributed by atoms with van der Waals surface area (Å²) in [5, 5.41) is 10.2. The molecule has 0 radical (unpaired) electrons. The van der Waals surface area contributed by atoms with Crippen LogP contribution in [-0.2, 0) is 0 Å². The summed E-state index contributed by atoms with van der Waals surface area (Å²) in [5.74, 6) is 0.956. The number of rotatable bonds is 8. The quantitative estimate of drug-likeness (QED) is 0.152. The van der Waals surface area contributed by atoms with Gasteiger partial charge in [0, 0.05) is 77.2 Å². The zero-order chi connectivity index (χ0) is 42.8. The van der Waals surface area contributed by atoms with Gasteiger partial charge in [-0.1, -0.05) is 125 Å². The first-order valence-corrected chi connectivity index (χ1v) is 22.7. The van der Waals surface area contributed by atoms with E-state index in [1.165, 1.54) is 87.3 Å². The molecule has 4 heteroatoms. The molecule has 0 atom stereocenters. The largest absolute Gasteiger partial charge is 0.310 e. The minimum atomic E-state index is 0.478. The Labute approximate surface area is 372 Å². The van der Waals surface area contributed by atoms with Crippen LogP contribution in [-0.4, -0.2) is 8.80 Å². The first kappa shape index (κ1) is 36.8. The number of hydrogen-bond acceptors (Lipinski definition) is 2. The van der Waals surface area contributed by atoms with Crippen molar-refractivity contribution in [3.8, 4) is 0 Å². The Hall–Kier alpha value is -7.82. The van der Waals surface area contributed by atoms with Crippen molar-refractivity contribution in [2.24, 2.45) is 0 Å². The fraction of sp³-hybridized carbons (Fsp3) is 0.100. The minimum Gasteiger partial charge on any atom is -0.310 e. The fourth-order valence-corrected chi connectivity index (χ4v) is 10.8. The second kappa shape index (κ2) is 13.8. The maximum Gasteiger partial charge on any atom is 0.0620 e. The molecule has 0 N–H and O–H groups in total. The van der Waals surface area contributed by atoms with Crippen LogP contribution in [0.25, 0.3) is 76.2 Å². The first-order valence-electron chi connectivity index (χ1n) is 22.7. The Bertz CT molecular complexity index is 3620. The molecule has 0 amide bonds. The van der Waals surface area contributed by atoms with E-state index in [1.54, 1.807) is 0 Å². The summed E-state index contributed by atoms with van der Waals surface area (Å²) in [5.41, 5.74) is 17.1. The van der Waals surface area contributed by atoms with Crippen LogP contribution < -0.4 is 9.80 Å². The lowest BCUT2D eigenvalue weighted by atomic mass is 10.0. The molecule has 4 nitrogen and oxygen atoms in total. The van der Waals surface area contributed by atoms with Crippen molar-refractivity contribution >= 4 is 110 Å². The molecule has 13 rings (SSSR count). The molecule has 4 heterocycles. The van der Waals surface area contributed by atoms with Gasteiger partial charge in [0.05, 0.1) is 33.1 Å². The lowest BCUT2D eigenvalue weighted by Gasteiger charge is -2.26. The van der Waals surface area contributed by atoms with E-state index in [0.29, 0.717) is 11.8 Å². The van der Waals surface area contributed by atoms with Crippen molar-refractivity contribution in [3.63, 3.8) is 0 Å². The third kappa shape index (κ3) is 5.29. The van der Waals surface area contributed by atoms with Gasteiger partial charge < -0.3 is 18.6 Å². The Morgan fingerprint density at radius 3 is 0.969 bits per heavy atom. The maximum atomic E-state index is 2.52. The Kier molecular flexibility index (Phi) is 7.96. The summed E-state index contributed by atoms with van der Waals surface area (Å²) in [7, 11) is 0. The molecule has 0 fully saturated rings. The van der Waals surface area contributed by atoms with Crippen LogP contribution in [0.3, 0.4) is 0 Å². The lowest BCUT2D eigenvalue weighted by molar-refractivity contribution is 0.866. The van der Waals surface area contributed by atoms with Gasteiger partial charge in [-0.25, -0.2) is 0 Å². The van der Waals surface area contributed by atoms with Crippen molar-refractivity contribution in [1.29, 1.82) is 0 Å². The average Bonchev–Trinajstić information content (AvgIpc) is 4.05. The molecule has 0 aliphatic carbocycles. The third-order valence-electron chi connectivity index (χ3n) is 13.9. The van der Waals surface area contributed by atoms with Crippen LogP contribution in [0.5, 0.6) is 0 Å². The summed E-state index contributed by atoms with van der Waals surface area (Å²) >= 11 is 0. The molecule has 306 valence electrons. The van der Waals surface area contributed by atoms with Crippen molar-refractivity contribution in [1.82, 2.24) is 8.80 Å². The van der Waals surface area contributed by atoms with Crippen molar-refractivity contribution in [2.45, 2.75) is 39.5 Å². The second-order valence-corrected chi connectivity index (χ2v) is 18.2.